The summed E-state index contributed by atoms with van der Waals surface area (Å²) in [7, 11) is -3.89. The second-order valence-corrected chi connectivity index (χ2v) is 9.47. The average Bonchev–Trinajstić information content (AvgIpc) is 3.60. The van der Waals surface area contributed by atoms with Crippen molar-refractivity contribution in [1.29, 1.82) is 0 Å². The largest absolute Gasteiger partial charge is 0.467 e. The fraction of sp³-hybridized carbons (Fsp3) is 0.400. The van der Waals surface area contributed by atoms with Crippen molar-refractivity contribution in [2.45, 2.75) is 55.6 Å². The first-order valence-corrected chi connectivity index (χ1v) is 10.9. The van der Waals surface area contributed by atoms with Gasteiger partial charge in [0.15, 0.2) is 0 Å². The van der Waals surface area contributed by atoms with Gasteiger partial charge in [0.2, 0.25) is 0 Å². The second-order valence-electron chi connectivity index (χ2n) is 7.68. The Kier molecular flexibility index (Phi) is 3.71. The van der Waals surface area contributed by atoms with Crippen LogP contribution in [0.3, 0.4) is 0 Å². The fourth-order valence-electron chi connectivity index (χ4n) is 3.88. The third kappa shape index (κ3) is 2.58. The number of furan rings is 1. The highest BCUT2D eigenvalue weighted by atomic mass is 32.2. The van der Waals surface area contributed by atoms with E-state index >= 15 is 0 Å². The first-order chi connectivity index (χ1) is 13.4. The molecule has 28 heavy (non-hydrogen) atoms. The van der Waals surface area contributed by atoms with E-state index in [1.54, 1.807) is 23.3 Å². The molecule has 8 heteroatoms. The Bertz CT molecular complexity index is 1070. The zero-order valence-electron chi connectivity index (χ0n) is 15.4. The van der Waals surface area contributed by atoms with E-state index < -0.39 is 15.9 Å². The van der Waals surface area contributed by atoms with Gasteiger partial charge in [0.25, 0.3) is 21.8 Å². The smallest absolute Gasteiger partial charge is 0.269 e. The van der Waals surface area contributed by atoms with Crippen molar-refractivity contribution >= 4 is 21.8 Å². The third-order valence-electron chi connectivity index (χ3n) is 5.62. The summed E-state index contributed by atoms with van der Waals surface area (Å²) < 4.78 is 32.2. The first kappa shape index (κ1) is 17.5. The van der Waals surface area contributed by atoms with Crippen molar-refractivity contribution in [1.82, 2.24) is 9.21 Å². The summed E-state index contributed by atoms with van der Waals surface area (Å²) in [6.07, 6.45) is 4.78. The molecule has 2 aromatic rings. The lowest BCUT2D eigenvalue weighted by molar-refractivity contribution is 0.0652. The van der Waals surface area contributed by atoms with Crippen LogP contribution in [0.1, 0.15) is 65.1 Å². The number of carbonyl (C=O) groups is 2. The minimum Gasteiger partial charge on any atom is -0.467 e. The predicted octanol–water partition coefficient (Wildman–Crippen LogP) is 2.95. The summed E-state index contributed by atoms with van der Waals surface area (Å²) in [4.78, 5) is 27.5. The molecule has 0 N–H and O–H groups in total. The minimum absolute atomic E-state index is 0.0587. The lowest BCUT2D eigenvalue weighted by Crippen LogP contribution is -2.35. The van der Waals surface area contributed by atoms with Gasteiger partial charge in [0.1, 0.15) is 10.7 Å². The minimum atomic E-state index is -3.89. The van der Waals surface area contributed by atoms with E-state index in [4.69, 9.17) is 4.42 Å². The van der Waals surface area contributed by atoms with E-state index in [-0.39, 0.29) is 40.1 Å². The van der Waals surface area contributed by atoms with E-state index in [0.717, 1.165) is 17.1 Å². The van der Waals surface area contributed by atoms with Crippen molar-refractivity contribution in [3.05, 3.63) is 53.5 Å². The number of fused-ring (bicyclic) bond motifs is 1. The Morgan fingerprint density at radius 2 is 1.96 bits per heavy atom. The molecule has 1 unspecified atom stereocenters. The molecule has 0 saturated heterocycles. The molecule has 1 aliphatic heterocycles. The highest BCUT2D eigenvalue weighted by Crippen LogP contribution is 2.41. The molecule has 1 aromatic heterocycles. The number of benzene rings is 1. The molecule has 7 nitrogen and oxygen atoms in total. The van der Waals surface area contributed by atoms with Crippen molar-refractivity contribution < 1.29 is 22.4 Å². The Balaban J connectivity index is 1.51. The zero-order valence-corrected chi connectivity index (χ0v) is 16.2. The van der Waals surface area contributed by atoms with Gasteiger partial charge in [-0.3, -0.25) is 9.59 Å². The second kappa shape index (κ2) is 5.94. The molecule has 1 atom stereocenters. The highest BCUT2D eigenvalue weighted by molar-refractivity contribution is 7.90. The number of nitrogens with zero attached hydrogens (tertiary/aromatic N) is 2. The van der Waals surface area contributed by atoms with Gasteiger partial charge in [-0.05, 0) is 62.9 Å². The van der Waals surface area contributed by atoms with Gasteiger partial charge in [-0.25, -0.2) is 12.7 Å². The van der Waals surface area contributed by atoms with Gasteiger partial charge < -0.3 is 9.32 Å². The fourth-order valence-corrected chi connectivity index (χ4v) is 5.72. The van der Waals surface area contributed by atoms with Gasteiger partial charge in [-0.2, -0.15) is 0 Å². The molecule has 146 valence electrons. The molecule has 0 radical (unpaired) electrons. The lowest BCUT2D eigenvalue weighted by Gasteiger charge is -2.28. The molecule has 2 saturated carbocycles. The Labute approximate surface area is 163 Å². The maximum Gasteiger partial charge on any atom is 0.269 e. The van der Waals surface area contributed by atoms with Crippen molar-refractivity contribution in [2.24, 2.45) is 0 Å². The molecule has 2 amide bonds. The van der Waals surface area contributed by atoms with Crippen LogP contribution in [-0.4, -0.2) is 41.5 Å². The van der Waals surface area contributed by atoms with Crippen molar-refractivity contribution in [2.75, 3.05) is 0 Å². The van der Waals surface area contributed by atoms with Crippen LogP contribution in [0.2, 0.25) is 0 Å². The lowest BCUT2D eigenvalue weighted by atomic mass is 10.1. The van der Waals surface area contributed by atoms with Gasteiger partial charge in [-0.1, -0.05) is 0 Å². The Morgan fingerprint density at radius 3 is 2.57 bits per heavy atom. The quantitative estimate of drug-likeness (QED) is 0.770. The predicted molar refractivity (Wildman–Crippen MR) is 99.1 cm³/mol. The molecule has 0 spiro atoms. The number of hydrogen-bond acceptors (Lipinski definition) is 5. The highest BCUT2D eigenvalue weighted by Gasteiger charge is 2.49. The van der Waals surface area contributed by atoms with E-state index in [1.807, 2.05) is 13.0 Å². The van der Waals surface area contributed by atoms with Crippen molar-refractivity contribution in [3.63, 3.8) is 0 Å². The van der Waals surface area contributed by atoms with Crippen molar-refractivity contribution in [3.8, 4) is 0 Å². The summed E-state index contributed by atoms with van der Waals surface area (Å²) in [5.74, 6) is -0.0506. The summed E-state index contributed by atoms with van der Waals surface area (Å²) in [6.45, 7) is 1.90. The first-order valence-electron chi connectivity index (χ1n) is 9.48. The average molecular weight is 400 g/mol. The van der Waals surface area contributed by atoms with Crippen LogP contribution in [0.15, 0.2) is 45.9 Å². The van der Waals surface area contributed by atoms with Gasteiger partial charge in [0, 0.05) is 17.6 Å². The number of rotatable bonds is 5. The van der Waals surface area contributed by atoms with Crippen LogP contribution in [0, 0.1) is 0 Å². The van der Waals surface area contributed by atoms with Crippen LogP contribution in [0.5, 0.6) is 0 Å². The molecule has 5 rings (SSSR count). The maximum absolute atomic E-state index is 13.3. The topological polar surface area (TPSA) is 87.9 Å². The number of amides is 2. The molecule has 3 aliphatic rings. The summed E-state index contributed by atoms with van der Waals surface area (Å²) in [5, 5.41) is 0. The molecule has 0 bridgehead atoms. The van der Waals surface area contributed by atoms with E-state index in [2.05, 4.69) is 0 Å². The van der Waals surface area contributed by atoms with Crippen LogP contribution >= 0.6 is 0 Å². The van der Waals surface area contributed by atoms with Crippen LogP contribution in [0.25, 0.3) is 0 Å². The van der Waals surface area contributed by atoms with E-state index in [0.29, 0.717) is 18.6 Å². The number of sulfonamides is 1. The maximum atomic E-state index is 13.3. The SMILES string of the molecule is CC(c1ccco1)N(C(=O)c1ccc2c(c1)S(=O)(=O)N(C1CC1)C2=O)C1CC1. The van der Waals surface area contributed by atoms with Crippen LogP contribution in [-0.2, 0) is 10.0 Å². The molecular weight excluding hydrogens is 380 g/mol. The summed E-state index contributed by atoms with van der Waals surface area (Å²) in [6, 6.07) is 7.59. The van der Waals surface area contributed by atoms with Gasteiger partial charge in [-0.15, -0.1) is 0 Å². The van der Waals surface area contributed by atoms with Crippen LogP contribution < -0.4 is 0 Å². The zero-order chi connectivity index (χ0) is 19.6. The number of carbonyl (C=O) groups excluding carboxylic acids is 2. The summed E-state index contributed by atoms with van der Waals surface area (Å²) >= 11 is 0. The molecule has 2 fully saturated rings. The van der Waals surface area contributed by atoms with Crippen LogP contribution in [0.4, 0.5) is 0 Å². The monoisotopic (exact) mass is 400 g/mol. The van der Waals surface area contributed by atoms with Gasteiger partial charge in [0.05, 0.1) is 17.9 Å². The molecule has 1 aromatic carbocycles. The molecule has 2 aliphatic carbocycles. The Morgan fingerprint density at radius 1 is 1.21 bits per heavy atom. The molecular formula is C20H20N2O5S. The van der Waals surface area contributed by atoms with Gasteiger partial charge >= 0.3 is 0 Å². The summed E-state index contributed by atoms with van der Waals surface area (Å²) in [5.41, 5.74) is 0.429. The normalized spacial score (nSPS) is 21.5. The standard InChI is InChI=1S/C20H20N2O5S/c1-12(17-3-2-10-27-17)21(14-5-6-14)19(23)13-4-9-16-18(11-13)28(25,26)22(20(16)24)15-7-8-15/h2-4,9-12,14-15H,5-8H2,1H3. The number of hydrogen-bond donors (Lipinski definition) is 0. The Hall–Kier alpha value is -2.61. The van der Waals surface area contributed by atoms with E-state index in [1.165, 1.54) is 12.1 Å². The van der Waals surface area contributed by atoms with E-state index in [9.17, 15) is 18.0 Å². The third-order valence-corrected chi connectivity index (χ3v) is 7.50. The molecule has 2 heterocycles.